The monoisotopic (exact) mass is 231 g/mol. The molecule has 1 N–H and O–H groups in total. The van der Waals surface area contributed by atoms with Crippen molar-refractivity contribution in [3.05, 3.63) is 0 Å². The summed E-state index contributed by atoms with van der Waals surface area (Å²) < 4.78 is 5.60. The van der Waals surface area contributed by atoms with Crippen molar-refractivity contribution in [2.24, 2.45) is 5.41 Å². The molecular formula is C12H25NOS. The lowest BCUT2D eigenvalue weighted by molar-refractivity contribution is -0.180. The molecule has 2 nitrogen and oxygen atoms in total. The molecule has 0 aliphatic heterocycles. The Bertz CT molecular complexity index is 208. The molecule has 2 unspecified atom stereocenters. The van der Waals surface area contributed by atoms with E-state index >= 15 is 0 Å². The Morgan fingerprint density at radius 2 is 2.07 bits per heavy atom. The molecule has 1 rings (SSSR count). The number of rotatable bonds is 6. The van der Waals surface area contributed by atoms with E-state index in [2.05, 4.69) is 32.3 Å². The van der Waals surface area contributed by atoms with Crippen molar-refractivity contribution in [3.63, 3.8) is 0 Å². The standard InChI is InChI=1S/C12H25NOS/c1-11(2)10(9-12(11,3)14-4)13-7-6-8-15-5/h10,13H,6-9H2,1-5H3. The van der Waals surface area contributed by atoms with Crippen molar-refractivity contribution in [2.75, 3.05) is 25.7 Å². The molecule has 3 heteroatoms. The van der Waals surface area contributed by atoms with Crippen LogP contribution in [0, 0.1) is 5.41 Å². The molecule has 0 spiro atoms. The second kappa shape index (κ2) is 5.07. The van der Waals surface area contributed by atoms with Crippen molar-refractivity contribution < 1.29 is 4.74 Å². The Labute approximate surface area is 98.5 Å². The molecule has 90 valence electrons. The molecule has 1 aliphatic rings. The molecular weight excluding hydrogens is 206 g/mol. The molecule has 1 aliphatic carbocycles. The lowest BCUT2D eigenvalue weighted by Crippen LogP contribution is -2.67. The summed E-state index contributed by atoms with van der Waals surface area (Å²) >= 11 is 1.92. The van der Waals surface area contributed by atoms with Gasteiger partial charge in [-0.05, 0) is 38.3 Å². The van der Waals surface area contributed by atoms with E-state index in [9.17, 15) is 0 Å². The fourth-order valence-electron chi connectivity index (χ4n) is 2.31. The number of nitrogens with one attached hydrogen (secondary N) is 1. The van der Waals surface area contributed by atoms with E-state index in [-0.39, 0.29) is 11.0 Å². The molecule has 0 aromatic heterocycles. The fraction of sp³-hybridized carbons (Fsp3) is 1.00. The predicted octanol–water partition coefficient (Wildman–Crippen LogP) is 2.53. The molecule has 0 saturated heterocycles. The summed E-state index contributed by atoms with van der Waals surface area (Å²) in [6.45, 7) is 7.94. The van der Waals surface area contributed by atoms with Crippen LogP contribution in [0.3, 0.4) is 0 Å². The summed E-state index contributed by atoms with van der Waals surface area (Å²) in [5.41, 5.74) is 0.311. The second-order valence-corrected chi connectivity index (χ2v) is 6.20. The summed E-state index contributed by atoms with van der Waals surface area (Å²) in [5, 5.41) is 3.64. The van der Waals surface area contributed by atoms with E-state index in [4.69, 9.17) is 4.74 Å². The van der Waals surface area contributed by atoms with Gasteiger partial charge in [-0.1, -0.05) is 13.8 Å². The first-order chi connectivity index (χ1) is 6.98. The van der Waals surface area contributed by atoms with E-state index in [1.165, 1.54) is 12.2 Å². The summed E-state index contributed by atoms with van der Waals surface area (Å²) in [5.74, 6) is 1.25. The third kappa shape index (κ3) is 2.51. The maximum absolute atomic E-state index is 5.60. The number of thioether (sulfide) groups is 1. The van der Waals surface area contributed by atoms with Crippen LogP contribution in [0.15, 0.2) is 0 Å². The average molecular weight is 231 g/mol. The van der Waals surface area contributed by atoms with Gasteiger partial charge in [-0.3, -0.25) is 0 Å². The van der Waals surface area contributed by atoms with Crippen LogP contribution in [0.4, 0.5) is 0 Å². The van der Waals surface area contributed by atoms with Crippen LogP contribution in [0.1, 0.15) is 33.6 Å². The van der Waals surface area contributed by atoms with E-state index in [0.29, 0.717) is 6.04 Å². The van der Waals surface area contributed by atoms with Crippen LogP contribution in [-0.4, -0.2) is 37.3 Å². The van der Waals surface area contributed by atoms with Crippen LogP contribution in [0.5, 0.6) is 0 Å². The zero-order valence-corrected chi connectivity index (χ0v) is 11.5. The molecule has 0 heterocycles. The Morgan fingerprint density at radius 1 is 1.40 bits per heavy atom. The lowest BCUT2D eigenvalue weighted by atomic mass is 9.56. The van der Waals surface area contributed by atoms with Crippen LogP contribution in [-0.2, 0) is 4.74 Å². The number of methoxy groups -OCH3 is 1. The number of hydrogen-bond acceptors (Lipinski definition) is 3. The van der Waals surface area contributed by atoms with E-state index in [1.54, 1.807) is 0 Å². The zero-order valence-electron chi connectivity index (χ0n) is 10.7. The lowest BCUT2D eigenvalue weighted by Gasteiger charge is -2.59. The predicted molar refractivity (Wildman–Crippen MR) is 68.6 cm³/mol. The summed E-state index contributed by atoms with van der Waals surface area (Å²) in [7, 11) is 1.83. The van der Waals surface area contributed by atoms with Gasteiger partial charge in [-0.15, -0.1) is 0 Å². The van der Waals surface area contributed by atoms with Crippen molar-refractivity contribution in [2.45, 2.75) is 45.3 Å². The van der Waals surface area contributed by atoms with Crippen LogP contribution >= 0.6 is 11.8 Å². The largest absolute Gasteiger partial charge is 0.378 e. The van der Waals surface area contributed by atoms with Gasteiger partial charge in [0.2, 0.25) is 0 Å². The van der Waals surface area contributed by atoms with Gasteiger partial charge < -0.3 is 10.1 Å². The van der Waals surface area contributed by atoms with E-state index in [1.807, 2.05) is 18.9 Å². The maximum atomic E-state index is 5.60. The third-order valence-corrected chi connectivity index (χ3v) is 4.89. The number of hydrogen-bond donors (Lipinski definition) is 1. The third-order valence-electron chi connectivity index (χ3n) is 4.19. The minimum absolute atomic E-state index is 0.0597. The normalized spacial score (nSPS) is 33.8. The molecule has 0 aromatic rings. The summed E-state index contributed by atoms with van der Waals surface area (Å²) in [6, 6.07) is 0.615. The van der Waals surface area contributed by atoms with Crippen LogP contribution in [0.25, 0.3) is 0 Å². The van der Waals surface area contributed by atoms with Crippen molar-refractivity contribution in [1.29, 1.82) is 0 Å². The first-order valence-electron chi connectivity index (χ1n) is 5.75. The highest BCUT2D eigenvalue weighted by atomic mass is 32.2. The highest BCUT2D eigenvalue weighted by Crippen LogP contribution is 2.51. The van der Waals surface area contributed by atoms with Gasteiger partial charge >= 0.3 is 0 Å². The first-order valence-corrected chi connectivity index (χ1v) is 7.15. The molecule has 1 fully saturated rings. The van der Waals surface area contributed by atoms with Gasteiger partial charge in [0.1, 0.15) is 0 Å². The molecule has 1 saturated carbocycles. The Morgan fingerprint density at radius 3 is 2.53 bits per heavy atom. The topological polar surface area (TPSA) is 21.3 Å². The molecule has 0 amide bonds. The van der Waals surface area contributed by atoms with Crippen molar-refractivity contribution in [1.82, 2.24) is 5.32 Å². The SMILES string of the molecule is COC1(C)CC(NCCCSC)C1(C)C. The van der Waals surface area contributed by atoms with Gasteiger partial charge in [0.05, 0.1) is 5.60 Å². The maximum Gasteiger partial charge on any atom is 0.0731 e. The highest BCUT2D eigenvalue weighted by molar-refractivity contribution is 7.98. The van der Waals surface area contributed by atoms with Gasteiger partial charge in [0.15, 0.2) is 0 Å². The molecule has 0 radical (unpaired) electrons. The molecule has 2 atom stereocenters. The van der Waals surface area contributed by atoms with E-state index in [0.717, 1.165) is 13.0 Å². The molecule has 0 aromatic carbocycles. The fourth-order valence-corrected chi connectivity index (χ4v) is 2.74. The minimum atomic E-state index is 0.0597. The Hall–Kier alpha value is 0.270. The molecule has 15 heavy (non-hydrogen) atoms. The van der Waals surface area contributed by atoms with Crippen LogP contribution < -0.4 is 5.32 Å². The van der Waals surface area contributed by atoms with E-state index < -0.39 is 0 Å². The van der Waals surface area contributed by atoms with Crippen LogP contribution in [0.2, 0.25) is 0 Å². The second-order valence-electron chi connectivity index (χ2n) is 5.21. The number of ether oxygens (including phenoxy) is 1. The smallest absolute Gasteiger partial charge is 0.0731 e. The van der Waals surface area contributed by atoms with Gasteiger partial charge in [0.25, 0.3) is 0 Å². The summed E-state index contributed by atoms with van der Waals surface area (Å²) in [6.07, 6.45) is 4.56. The zero-order chi connectivity index (χ0) is 11.5. The van der Waals surface area contributed by atoms with Gasteiger partial charge in [-0.25, -0.2) is 0 Å². The first kappa shape index (κ1) is 13.3. The quantitative estimate of drug-likeness (QED) is 0.710. The Balaban J connectivity index is 2.29. The minimum Gasteiger partial charge on any atom is -0.378 e. The Kier molecular flexibility index (Phi) is 4.50. The molecule has 0 bridgehead atoms. The van der Waals surface area contributed by atoms with Gasteiger partial charge in [-0.2, -0.15) is 11.8 Å². The van der Waals surface area contributed by atoms with Gasteiger partial charge in [0, 0.05) is 18.6 Å². The highest BCUT2D eigenvalue weighted by Gasteiger charge is 2.57. The summed E-state index contributed by atoms with van der Waals surface area (Å²) in [4.78, 5) is 0. The van der Waals surface area contributed by atoms with Crippen molar-refractivity contribution in [3.8, 4) is 0 Å². The average Bonchev–Trinajstić information content (AvgIpc) is 2.22. The van der Waals surface area contributed by atoms with Crippen molar-refractivity contribution >= 4 is 11.8 Å².